The van der Waals surface area contributed by atoms with Crippen molar-refractivity contribution in [3.63, 3.8) is 0 Å². The predicted molar refractivity (Wildman–Crippen MR) is 79.9 cm³/mol. The maximum atomic E-state index is 12.7. The van der Waals surface area contributed by atoms with Crippen molar-refractivity contribution < 1.29 is 8.42 Å². The number of hydrogen-bond donors (Lipinski definition) is 1. The molecule has 0 atom stereocenters. The summed E-state index contributed by atoms with van der Waals surface area (Å²) in [5.74, 6) is 0.309. The molecule has 0 aromatic carbocycles. The van der Waals surface area contributed by atoms with Gasteiger partial charge in [-0.25, -0.2) is 8.42 Å². The molecule has 0 radical (unpaired) electrons. The lowest BCUT2D eigenvalue weighted by Gasteiger charge is -2.21. The summed E-state index contributed by atoms with van der Waals surface area (Å²) in [6.07, 6.45) is 3.99. The smallest absolute Gasteiger partial charge is 0.244 e. The number of nitrogens with two attached hydrogens (primary N) is 1. The summed E-state index contributed by atoms with van der Waals surface area (Å²) in [7, 11) is -3.41. The first-order valence-electron chi connectivity index (χ1n) is 7.31. The average Bonchev–Trinajstić information content (AvgIpc) is 3.14. The van der Waals surface area contributed by atoms with Crippen LogP contribution in [-0.2, 0) is 16.6 Å². The number of nitrogens with zero attached hydrogens (tertiary/aromatic N) is 2. The van der Waals surface area contributed by atoms with Crippen LogP contribution < -0.4 is 5.73 Å². The Labute approximate surface area is 121 Å². The van der Waals surface area contributed by atoms with E-state index in [1.807, 2.05) is 25.3 Å². The fourth-order valence-corrected chi connectivity index (χ4v) is 4.11. The van der Waals surface area contributed by atoms with Gasteiger partial charge in [-0.05, 0) is 24.8 Å². The monoisotopic (exact) mass is 299 g/mol. The molecule has 0 saturated heterocycles. The number of hydrogen-bond acceptors (Lipinski definition) is 3. The van der Waals surface area contributed by atoms with E-state index in [1.54, 1.807) is 16.6 Å². The number of rotatable bonds is 7. The van der Waals surface area contributed by atoms with E-state index in [1.165, 1.54) is 0 Å². The van der Waals surface area contributed by atoms with Gasteiger partial charge in [0.05, 0.1) is 0 Å². The van der Waals surface area contributed by atoms with Gasteiger partial charge in [0.25, 0.3) is 0 Å². The Kier molecular flexibility index (Phi) is 4.56. The SMILES string of the molecule is CCN(CC(C)C)S(=O)(=O)c1cc(CN)n(C2CC2)c1. The Hall–Kier alpha value is -0.850. The Morgan fingerprint density at radius 3 is 2.55 bits per heavy atom. The van der Waals surface area contributed by atoms with Crippen molar-refractivity contribution in [3.8, 4) is 0 Å². The molecule has 20 heavy (non-hydrogen) atoms. The molecule has 1 aromatic heterocycles. The molecule has 5 nitrogen and oxygen atoms in total. The van der Waals surface area contributed by atoms with Crippen LogP contribution in [0.4, 0.5) is 0 Å². The van der Waals surface area contributed by atoms with Gasteiger partial charge < -0.3 is 10.3 Å². The summed E-state index contributed by atoms with van der Waals surface area (Å²) >= 11 is 0. The lowest BCUT2D eigenvalue weighted by molar-refractivity contribution is 0.381. The fraction of sp³-hybridized carbons (Fsp3) is 0.714. The van der Waals surface area contributed by atoms with Crippen LogP contribution in [0.5, 0.6) is 0 Å². The average molecular weight is 299 g/mol. The van der Waals surface area contributed by atoms with Gasteiger partial charge in [-0.3, -0.25) is 0 Å². The summed E-state index contributed by atoms with van der Waals surface area (Å²) in [6.45, 7) is 7.35. The minimum absolute atomic E-state index is 0.309. The van der Waals surface area contributed by atoms with Crippen LogP contribution in [0.3, 0.4) is 0 Å². The maximum Gasteiger partial charge on any atom is 0.244 e. The first-order chi connectivity index (χ1) is 9.40. The summed E-state index contributed by atoms with van der Waals surface area (Å²) in [6, 6.07) is 2.18. The zero-order chi connectivity index (χ0) is 14.9. The van der Waals surface area contributed by atoms with Gasteiger partial charge in [0.2, 0.25) is 10.0 Å². The lowest BCUT2D eigenvalue weighted by Crippen LogP contribution is -2.33. The van der Waals surface area contributed by atoms with Crippen LogP contribution in [0.15, 0.2) is 17.2 Å². The third-order valence-corrected chi connectivity index (χ3v) is 5.52. The first-order valence-corrected chi connectivity index (χ1v) is 8.75. The topological polar surface area (TPSA) is 68.3 Å². The molecule has 1 heterocycles. The van der Waals surface area contributed by atoms with Gasteiger partial charge in [-0.2, -0.15) is 4.31 Å². The largest absolute Gasteiger partial charge is 0.346 e. The van der Waals surface area contributed by atoms with E-state index in [0.29, 0.717) is 36.5 Å². The molecule has 114 valence electrons. The van der Waals surface area contributed by atoms with Crippen molar-refractivity contribution >= 4 is 10.0 Å². The molecule has 0 amide bonds. The van der Waals surface area contributed by atoms with Crippen molar-refractivity contribution in [2.45, 2.75) is 51.1 Å². The van der Waals surface area contributed by atoms with Gasteiger partial charge in [-0.15, -0.1) is 0 Å². The second kappa shape index (κ2) is 5.87. The quantitative estimate of drug-likeness (QED) is 0.836. The van der Waals surface area contributed by atoms with E-state index in [2.05, 4.69) is 0 Å². The molecule has 2 rings (SSSR count). The molecule has 2 N–H and O–H groups in total. The zero-order valence-corrected chi connectivity index (χ0v) is 13.4. The van der Waals surface area contributed by atoms with Crippen molar-refractivity contribution in [2.75, 3.05) is 13.1 Å². The van der Waals surface area contributed by atoms with Crippen molar-refractivity contribution in [3.05, 3.63) is 18.0 Å². The summed E-state index contributed by atoms with van der Waals surface area (Å²) in [4.78, 5) is 0.382. The lowest BCUT2D eigenvalue weighted by atomic mass is 10.2. The van der Waals surface area contributed by atoms with Crippen LogP contribution in [0.2, 0.25) is 0 Å². The van der Waals surface area contributed by atoms with E-state index in [0.717, 1.165) is 18.5 Å². The zero-order valence-electron chi connectivity index (χ0n) is 12.5. The van der Waals surface area contributed by atoms with E-state index >= 15 is 0 Å². The third kappa shape index (κ3) is 3.07. The van der Waals surface area contributed by atoms with Crippen LogP contribution in [0, 0.1) is 5.92 Å². The highest BCUT2D eigenvalue weighted by Gasteiger charge is 2.30. The second-order valence-corrected chi connectivity index (χ2v) is 7.80. The normalized spacial score (nSPS) is 16.3. The molecule has 1 fully saturated rings. The summed E-state index contributed by atoms with van der Waals surface area (Å²) < 4.78 is 29.0. The molecule has 6 heteroatoms. The van der Waals surface area contributed by atoms with Gasteiger partial charge in [0, 0.05) is 37.6 Å². The highest BCUT2D eigenvalue weighted by molar-refractivity contribution is 7.89. The van der Waals surface area contributed by atoms with Gasteiger partial charge in [0.15, 0.2) is 0 Å². The summed E-state index contributed by atoms with van der Waals surface area (Å²) in [5.41, 5.74) is 6.64. The Morgan fingerprint density at radius 2 is 2.10 bits per heavy atom. The molecule has 0 aliphatic heterocycles. The van der Waals surface area contributed by atoms with E-state index < -0.39 is 10.0 Å². The van der Waals surface area contributed by atoms with Crippen molar-refractivity contribution in [1.29, 1.82) is 0 Å². The maximum absolute atomic E-state index is 12.7. The van der Waals surface area contributed by atoms with Crippen LogP contribution in [0.25, 0.3) is 0 Å². The van der Waals surface area contributed by atoms with Gasteiger partial charge in [0.1, 0.15) is 4.90 Å². The highest BCUT2D eigenvalue weighted by atomic mass is 32.2. The Balaban J connectivity index is 2.32. The molecule has 0 bridgehead atoms. The molecule has 1 aromatic rings. The van der Waals surface area contributed by atoms with E-state index in [4.69, 9.17) is 5.73 Å². The summed E-state index contributed by atoms with van der Waals surface area (Å²) in [5, 5.41) is 0. The molecular formula is C14H25N3O2S. The van der Waals surface area contributed by atoms with Crippen LogP contribution in [0.1, 0.15) is 45.3 Å². The van der Waals surface area contributed by atoms with Crippen molar-refractivity contribution in [1.82, 2.24) is 8.87 Å². The van der Waals surface area contributed by atoms with Crippen LogP contribution in [-0.4, -0.2) is 30.4 Å². The molecule has 0 unspecified atom stereocenters. The minimum Gasteiger partial charge on any atom is -0.346 e. The highest BCUT2D eigenvalue weighted by Crippen LogP contribution is 2.37. The number of sulfonamides is 1. The standard InChI is InChI=1S/C14H25N3O2S/c1-4-16(9-11(2)3)20(18,19)14-7-13(8-15)17(10-14)12-5-6-12/h7,10-12H,4-6,8-9,15H2,1-3H3. The van der Waals surface area contributed by atoms with Crippen molar-refractivity contribution in [2.24, 2.45) is 11.7 Å². The first kappa shape index (κ1) is 15.5. The minimum atomic E-state index is -3.41. The van der Waals surface area contributed by atoms with E-state index in [-0.39, 0.29) is 0 Å². The second-order valence-electron chi connectivity index (χ2n) is 5.86. The molecular weight excluding hydrogens is 274 g/mol. The fourth-order valence-electron chi connectivity index (χ4n) is 2.45. The molecule has 1 saturated carbocycles. The van der Waals surface area contributed by atoms with Gasteiger partial charge in [-0.1, -0.05) is 20.8 Å². The molecule has 0 spiro atoms. The molecule has 1 aliphatic rings. The third-order valence-electron chi connectivity index (χ3n) is 3.62. The Morgan fingerprint density at radius 1 is 1.45 bits per heavy atom. The predicted octanol–water partition coefficient (Wildman–Crippen LogP) is 1.95. The Bertz CT molecular complexity index is 559. The van der Waals surface area contributed by atoms with Crippen LogP contribution >= 0.6 is 0 Å². The van der Waals surface area contributed by atoms with Gasteiger partial charge >= 0.3 is 0 Å². The molecule has 1 aliphatic carbocycles. The van der Waals surface area contributed by atoms with E-state index in [9.17, 15) is 8.42 Å². The number of aromatic nitrogens is 1.